The number of H-pyrrole nitrogens is 1. The summed E-state index contributed by atoms with van der Waals surface area (Å²) in [6, 6.07) is 9.65. The molecule has 5 heteroatoms. The van der Waals surface area contributed by atoms with E-state index in [1.54, 1.807) is 13.3 Å². The van der Waals surface area contributed by atoms with Crippen molar-refractivity contribution in [1.82, 2.24) is 9.97 Å². The summed E-state index contributed by atoms with van der Waals surface area (Å²) in [6.07, 6.45) is 1.21. The molecule has 18 heavy (non-hydrogen) atoms. The van der Waals surface area contributed by atoms with Gasteiger partial charge in [0.2, 0.25) is 0 Å². The molecule has 0 saturated heterocycles. The van der Waals surface area contributed by atoms with E-state index in [2.05, 4.69) is 25.9 Å². The Morgan fingerprint density at radius 3 is 2.67 bits per heavy atom. The maximum Gasteiger partial charge on any atom is 0.254 e. The third-order valence-corrected chi connectivity index (χ3v) is 3.23. The quantitative estimate of drug-likeness (QED) is 0.882. The molecule has 0 spiro atoms. The highest BCUT2D eigenvalue weighted by molar-refractivity contribution is 9.08. The Bertz CT molecular complexity index is 569. The topological polar surface area (TPSA) is 55.0 Å². The van der Waals surface area contributed by atoms with E-state index >= 15 is 0 Å². The third-order valence-electron chi connectivity index (χ3n) is 2.62. The van der Waals surface area contributed by atoms with Crippen molar-refractivity contribution in [3.63, 3.8) is 0 Å². The van der Waals surface area contributed by atoms with Crippen LogP contribution in [0.1, 0.15) is 23.1 Å². The van der Waals surface area contributed by atoms with Crippen LogP contribution in [0.2, 0.25) is 0 Å². The molecule has 1 N–H and O–H groups in total. The predicted molar refractivity (Wildman–Crippen MR) is 72.8 cm³/mol. The SMILES string of the molecule is COC(c1ccccc1)c1ncc(CBr)c(=O)[nH]1. The van der Waals surface area contributed by atoms with E-state index in [0.29, 0.717) is 16.7 Å². The summed E-state index contributed by atoms with van der Waals surface area (Å²) in [5, 5.41) is 0.485. The lowest BCUT2D eigenvalue weighted by molar-refractivity contribution is 0.128. The van der Waals surface area contributed by atoms with Crippen LogP contribution in [0.25, 0.3) is 0 Å². The lowest BCUT2D eigenvalue weighted by Gasteiger charge is -2.14. The number of hydrogen-bond acceptors (Lipinski definition) is 3. The second-order valence-electron chi connectivity index (χ2n) is 3.78. The molecule has 1 aromatic heterocycles. The Kier molecular flexibility index (Phi) is 4.28. The lowest BCUT2D eigenvalue weighted by Crippen LogP contribution is -2.18. The van der Waals surface area contributed by atoms with Crippen LogP contribution >= 0.6 is 15.9 Å². The molecule has 1 atom stereocenters. The largest absolute Gasteiger partial charge is 0.369 e. The second kappa shape index (κ2) is 5.93. The molecule has 4 nitrogen and oxygen atoms in total. The minimum atomic E-state index is -0.358. The smallest absolute Gasteiger partial charge is 0.254 e. The number of aromatic amines is 1. The molecule has 0 amide bonds. The van der Waals surface area contributed by atoms with E-state index < -0.39 is 0 Å². The summed E-state index contributed by atoms with van der Waals surface area (Å²) in [6.45, 7) is 0. The number of rotatable bonds is 4. The van der Waals surface area contributed by atoms with Gasteiger partial charge in [-0.1, -0.05) is 46.3 Å². The fourth-order valence-corrected chi connectivity index (χ4v) is 2.10. The van der Waals surface area contributed by atoms with E-state index in [1.807, 2.05) is 30.3 Å². The summed E-state index contributed by atoms with van der Waals surface area (Å²) in [7, 11) is 1.59. The van der Waals surface area contributed by atoms with Crippen molar-refractivity contribution in [3.05, 3.63) is 63.8 Å². The number of ether oxygens (including phenoxy) is 1. The third kappa shape index (κ3) is 2.68. The van der Waals surface area contributed by atoms with Gasteiger partial charge in [-0.25, -0.2) is 4.98 Å². The molecular formula is C13H13BrN2O2. The van der Waals surface area contributed by atoms with Crippen LogP contribution in [0.3, 0.4) is 0 Å². The number of halogens is 1. The number of nitrogens with one attached hydrogen (secondary N) is 1. The second-order valence-corrected chi connectivity index (χ2v) is 4.34. The van der Waals surface area contributed by atoms with E-state index in [4.69, 9.17) is 4.74 Å². The van der Waals surface area contributed by atoms with Gasteiger partial charge in [-0.15, -0.1) is 0 Å². The Morgan fingerprint density at radius 2 is 2.11 bits per heavy atom. The molecule has 0 saturated carbocycles. The van der Waals surface area contributed by atoms with Crippen LogP contribution in [-0.4, -0.2) is 17.1 Å². The summed E-state index contributed by atoms with van der Waals surface area (Å²) < 4.78 is 5.41. The van der Waals surface area contributed by atoms with Gasteiger partial charge >= 0.3 is 0 Å². The molecule has 0 radical (unpaired) electrons. The van der Waals surface area contributed by atoms with Crippen molar-refractivity contribution in [2.45, 2.75) is 11.4 Å². The zero-order valence-electron chi connectivity index (χ0n) is 9.89. The van der Waals surface area contributed by atoms with E-state index in [-0.39, 0.29) is 11.7 Å². The normalized spacial score (nSPS) is 12.3. The molecule has 0 bridgehead atoms. The molecule has 0 aliphatic rings. The first kappa shape index (κ1) is 13.0. The molecule has 0 aliphatic heterocycles. The van der Waals surface area contributed by atoms with Gasteiger partial charge in [0.15, 0.2) is 0 Å². The lowest BCUT2D eigenvalue weighted by atomic mass is 10.1. The highest BCUT2D eigenvalue weighted by Gasteiger charge is 2.16. The van der Waals surface area contributed by atoms with Crippen molar-refractivity contribution in [1.29, 1.82) is 0 Å². The zero-order chi connectivity index (χ0) is 13.0. The van der Waals surface area contributed by atoms with Crippen molar-refractivity contribution in [3.8, 4) is 0 Å². The van der Waals surface area contributed by atoms with Crippen molar-refractivity contribution in [2.24, 2.45) is 0 Å². The highest BCUT2D eigenvalue weighted by Crippen LogP contribution is 2.21. The monoisotopic (exact) mass is 308 g/mol. The first-order valence-corrected chi connectivity index (χ1v) is 6.60. The first-order chi connectivity index (χ1) is 8.76. The van der Waals surface area contributed by atoms with Crippen LogP contribution in [0.15, 0.2) is 41.3 Å². The highest BCUT2D eigenvalue weighted by atomic mass is 79.9. The van der Waals surface area contributed by atoms with Gasteiger partial charge in [0.25, 0.3) is 5.56 Å². The van der Waals surface area contributed by atoms with Crippen molar-refractivity contribution in [2.75, 3.05) is 7.11 Å². The van der Waals surface area contributed by atoms with Gasteiger partial charge in [-0.3, -0.25) is 4.79 Å². The molecule has 1 aromatic carbocycles. The molecule has 1 heterocycles. The molecule has 0 aliphatic carbocycles. The number of hydrogen-bond donors (Lipinski definition) is 1. The average Bonchev–Trinajstić information content (AvgIpc) is 2.41. The Balaban J connectivity index is 2.40. The van der Waals surface area contributed by atoms with Gasteiger partial charge in [-0.05, 0) is 5.56 Å². The molecule has 94 valence electrons. The Hall–Kier alpha value is -1.46. The van der Waals surface area contributed by atoms with Crippen molar-refractivity contribution >= 4 is 15.9 Å². The number of alkyl halides is 1. The predicted octanol–water partition coefficient (Wildman–Crippen LogP) is 2.40. The Morgan fingerprint density at radius 1 is 1.39 bits per heavy atom. The molecular weight excluding hydrogens is 296 g/mol. The molecule has 2 aromatic rings. The number of nitrogens with zero attached hydrogens (tertiary/aromatic N) is 1. The van der Waals surface area contributed by atoms with Crippen LogP contribution in [0, 0.1) is 0 Å². The van der Waals surface area contributed by atoms with E-state index in [0.717, 1.165) is 5.56 Å². The molecule has 0 fully saturated rings. The van der Waals surface area contributed by atoms with Crippen LogP contribution in [-0.2, 0) is 10.1 Å². The maximum atomic E-state index is 11.7. The van der Waals surface area contributed by atoms with Crippen LogP contribution < -0.4 is 5.56 Å². The minimum Gasteiger partial charge on any atom is -0.369 e. The molecule has 1 unspecified atom stereocenters. The fraction of sp³-hybridized carbons (Fsp3) is 0.231. The van der Waals surface area contributed by atoms with E-state index in [1.165, 1.54) is 0 Å². The maximum absolute atomic E-state index is 11.7. The van der Waals surface area contributed by atoms with Gasteiger partial charge in [-0.2, -0.15) is 0 Å². The summed E-state index contributed by atoms with van der Waals surface area (Å²) in [4.78, 5) is 18.7. The zero-order valence-corrected chi connectivity index (χ0v) is 11.5. The van der Waals surface area contributed by atoms with E-state index in [9.17, 15) is 4.79 Å². The number of aromatic nitrogens is 2. The van der Waals surface area contributed by atoms with Gasteiger partial charge in [0.05, 0.1) is 0 Å². The molecule has 2 rings (SSSR count). The Labute approximate surface area is 113 Å². The summed E-state index contributed by atoms with van der Waals surface area (Å²) in [5.74, 6) is 0.512. The summed E-state index contributed by atoms with van der Waals surface area (Å²) >= 11 is 3.24. The van der Waals surface area contributed by atoms with Crippen molar-refractivity contribution < 1.29 is 4.74 Å². The summed E-state index contributed by atoms with van der Waals surface area (Å²) in [5.41, 5.74) is 1.41. The first-order valence-electron chi connectivity index (χ1n) is 5.48. The van der Waals surface area contributed by atoms with Gasteiger partial charge in [0, 0.05) is 24.2 Å². The fourth-order valence-electron chi connectivity index (χ4n) is 1.70. The standard InChI is InChI=1S/C13H13BrN2O2/c1-18-11(9-5-3-2-4-6-9)12-15-8-10(7-14)13(17)16-12/h2-6,8,11H,7H2,1H3,(H,15,16,17). The van der Waals surface area contributed by atoms with Crippen LogP contribution in [0.4, 0.5) is 0 Å². The minimum absolute atomic E-state index is 0.144. The van der Waals surface area contributed by atoms with Gasteiger partial charge < -0.3 is 9.72 Å². The number of methoxy groups -OCH3 is 1. The average molecular weight is 309 g/mol. The van der Waals surface area contributed by atoms with Gasteiger partial charge in [0.1, 0.15) is 11.9 Å². The number of benzene rings is 1. The van der Waals surface area contributed by atoms with Crippen LogP contribution in [0.5, 0.6) is 0 Å².